The molecular formula is C20H25N3O2. The van der Waals surface area contributed by atoms with Crippen LogP contribution in [0.1, 0.15) is 34.6 Å². The molecule has 5 heteroatoms. The highest BCUT2D eigenvalue weighted by molar-refractivity contribution is 5.91. The average Bonchev–Trinajstić information content (AvgIpc) is 2.91. The summed E-state index contributed by atoms with van der Waals surface area (Å²) in [5.41, 5.74) is 5.52. The zero-order chi connectivity index (χ0) is 18.0. The molecule has 132 valence electrons. The first-order valence-electron chi connectivity index (χ1n) is 8.64. The Hall–Kier alpha value is -2.56. The number of nitrogens with zero attached hydrogens (tertiary/aromatic N) is 3. The molecule has 2 aromatic rings. The summed E-state index contributed by atoms with van der Waals surface area (Å²) in [4.78, 5) is 16.3. The highest BCUT2D eigenvalue weighted by atomic mass is 16.5. The number of likely N-dealkylation sites (N-methyl/N-ethyl adjacent to an activating group) is 1. The monoisotopic (exact) mass is 339 g/mol. The summed E-state index contributed by atoms with van der Waals surface area (Å²) in [6.07, 6.45) is 5.80. The molecule has 1 amide bonds. The van der Waals surface area contributed by atoms with Crippen LogP contribution in [0.25, 0.3) is 6.08 Å². The van der Waals surface area contributed by atoms with E-state index in [1.165, 1.54) is 17.7 Å². The van der Waals surface area contributed by atoms with E-state index in [4.69, 9.17) is 4.52 Å². The van der Waals surface area contributed by atoms with Gasteiger partial charge < -0.3 is 14.3 Å². The quantitative estimate of drug-likeness (QED) is 0.802. The van der Waals surface area contributed by atoms with Crippen molar-refractivity contribution >= 4 is 17.7 Å². The number of aromatic nitrogens is 1. The predicted molar refractivity (Wildman–Crippen MR) is 99.5 cm³/mol. The van der Waals surface area contributed by atoms with E-state index >= 15 is 0 Å². The number of hydrogen-bond acceptors (Lipinski definition) is 4. The molecule has 0 unspecified atom stereocenters. The van der Waals surface area contributed by atoms with Gasteiger partial charge in [-0.2, -0.15) is 0 Å². The zero-order valence-corrected chi connectivity index (χ0v) is 15.4. The summed E-state index contributed by atoms with van der Waals surface area (Å²) in [6, 6.07) is 6.40. The second kappa shape index (κ2) is 7.13. The fourth-order valence-electron chi connectivity index (χ4n) is 3.25. The maximum Gasteiger partial charge on any atom is 0.246 e. The van der Waals surface area contributed by atoms with Gasteiger partial charge in [-0.05, 0) is 56.0 Å². The van der Waals surface area contributed by atoms with Crippen molar-refractivity contribution in [2.24, 2.45) is 0 Å². The summed E-state index contributed by atoms with van der Waals surface area (Å²) >= 11 is 0. The highest BCUT2D eigenvalue weighted by Crippen LogP contribution is 2.27. The molecule has 0 bridgehead atoms. The van der Waals surface area contributed by atoms with Crippen molar-refractivity contribution in [1.82, 2.24) is 10.1 Å². The van der Waals surface area contributed by atoms with E-state index in [0.717, 1.165) is 35.5 Å². The van der Waals surface area contributed by atoms with Gasteiger partial charge in [0.25, 0.3) is 0 Å². The van der Waals surface area contributed by atoms with Crippen LogP contribution in [0.3, 0.4) is 0 Å². The first kappa shape index (κ1) is 17.3. The molecule has 0 radical (unpaired) electrons. The summed E-state index contributed by atoms with van der Waals surface area (Å²) in [5, 5.41) is 3.93. The molecule has 0 spiro atoms. The van der Waals surface area contributed by atoms with Gasteiger partial charge in [0, 0.05) is 38.0 Å². The van der Waals surface area contributed by atoms with E-state index < -0.39 is 0 Å². The molecular weight excluding hydrogens is 314 g/mol. The first-order chi connectivity index (χ1) is 12.0. The van der Waals surface area contributed by atoms with Crippen molar-refractivity contribution in [3.05, 3.63) is 52.4 Å². The minimum absolute atomic E-state index is 0.0326. The Morgan fingerprint density at radius 3 is 2.92 bits per heavy atom. The lowest BCUT2D eigenvalue weighted by atomic mass is 9.99. The standard InChI is InChI=1S/C20H25N3O2/c1-14-18(15(2)25-21-14)13-23(4)20(24)10-8-16-7-9-19-17(12-16)6-5-11-22(19)3/h7-10,12H,5-6,11,13H2,1-4H3/b10-8+. The van der Waals surface area contributed by atoms with Crippen molar-refractivity contribution in [2.45, 2.75) is 33.2 Å². The van der Waals surface area contributed by atoms with Gasteiger partial charge in [-0.3, -0.25) is 4.79 Å². The van der Waals surface area contributed by atoms with Gasteiger partial charge in [-0.15, -0.1) is 0 Å². The third-order valence-electron chi connectivity index (χ3n) is 4.83. The van der Waals surface area contributed by atoms with Gasteiger partial charge in [-0.25, -0.2) is 0 Å². The summed E-state index contributed by atoms with van der Waals surface area (Å²) in [6.45, 7) is 5.37. The number of carbonyl (C=O) groups is 1. The zero-order valence-electron chi connectivity index (χ0n) is 15.4. The average molecular weight is 339 g/mol. The van der Waals surface area contributed by atoms with Crippen LogP contribution in [-0.2, 0) is 17.8 Å². The topological polar surface area (TPSA) is 49.6 Å². The van der Waals surface area contributed by atoms with Crippen LogP contribution in [-0.4, -0.2) is 36.6 Å². The molecule has 0 saturated carbocycles. The van der Waals surface area contributed by atoms with Gasteiger partial charge in [0.05, 0.1) is 12.2 Å². The van der Waals surface area contributed by atoms with Crippen molar-refractivity contribution in [3.63, 3.8) is 0 Å². The van der Waals surface area contributed by atoms with E-state index in [1.54, 1.807) is 18.0 Å². The lowest BCUT2D eigenvalue weighted by molar-refractivity contribution is -0.125. The van der Waals surface area contributed by atoms with Gasteiger partial charge in [0.1, 0.15) is 5.76 Å². The molecule has 25 heavy (non-hydrogen) atoms. The molecule has 5 nitrogen and oxygen atoms in total. The summed E-state index contributed by atoms with van der Waals surface area (Å²) in [7, 11) is 3.92. The van der Waals surface area contributed by atoms with Crippen LogP contribution < -0.4 is 4.90 Å². The molecule has 0 aliphatic carbocycles. The number of anilines is 1. The molecule has 1 aromatic heterocycles. The number of fused-ring (bicyclic) bond motifs is 1. The van der Waals surface area contributed by atoms with E-state index in [0.29, 0.717) is 6.54 Å². The Bertz CT molecular complexity index is 788. The van der Waals surface area contributed by atoms with E-state index in [2.05, 4.69) is 35.3 Å². The Morgan fingerprint density at radius 2 is 2.20 bits per heavy atom. The molecule has 3 rings (SSSR count). The van der Waals surface area contributed by atoms with E-state index in [-0.39, 0.29) is 5.91 Å². The van der Waals surface area contributed by atoms with Crippen molar-refractivity contribution in [1.29, 1.82) is 0 Å². The first-order valence-corrected chi connectivity index (χ1v) is 8.64. The van der Waals surface area contributed by atoms with Crippen molar-refractivity contribution in [3.8, 4) is 0 Å². The van der Waals surface area contributed by atoms with Crippen LogP contribution in [0, 0.1) is 13.8 Å². The number of aryl methyl sites for hydroxylation is 3. The third kappa shape index (κ3) is 3.76. The predicted octanol–water partition coefficient (Wildman–Crippen LogP) is 3.35. The Balaban J connectivity index is 1.68. The molecule has 0 saturated heterocycles. The molecule has 0 fully saturated rings. The minimum Gasteiger partial charge on any atom is -0.374 e. The number of rotatable bonds is 4. The van der Waals surface area contributed by atoms with Crippen LogP contribution in [0.2, 0.25) is 0 Å². The Morgan fingerprint density at radius 1 is 1.40 bits per heavy atom. The number of amides is 1. The molecule has 1 aromatic carbocycles. The highest BCUT2D eigenvalue weighted by Gasteiger charge is 2.15. The second-order valence-electron chi connectivity index (χ2n) is 6.74. The smallest absolute Gasteiger partial charge is 0.246 e. The van der Waals surface area contributed by atoms with Gasteiger partial charge >= 0.3 is 0 Å². The third-order valence-corrected chi connectivity index (χ3v) is 4.83. The van der Waals surface area contributed by atoms with Gasteiger partial charge in [0.2, 0.25) is 5.91 Å². The second-order valence-corrected chi connectivity index (χ2v) is 6.74. The molecule has 0 N–H and O–H groups in total. The van der Waals surface area contributed by atoms with Gasteiger partial charge in [0.15, 0.2) is 0 Å². The van der Waals surface area contributed by atoms with Crippen LogP contribution >= 0.6 is 0 Å². The van der Waals surface area contributed by atoms with E-state index in [9.17, 15) is 4.79 Å². The SMILES string of the molecule is Cc1noc(C)c1CN(C)C(=O)/C=C/c1ccc2c(c1)CCCN2C. The largest absolute Gasteiger partial charge is 0.374 e. The lowest BCUT2D eigenvalue weighted by Crippen LogP contribution is -2.25. The fourth-order valence-corrected chi connectivity index (χ4v) is 3.25. The number of hydrogen-bond donors (Lipinski definition) is 0. The Labute approximate surface area is 148 Å². The Kier molecular flexibility index (Phi) is 4.93. The van der Waals surface area contributed by atoms with Crippen molar-refractivity contribution in [2.75, 3.05) is 25.5 Å². The van der Waals surface area contributed by atoms with Crippen LogP contribution in [0.15, 0.2) is 28.8 Å². The molecule has 0 atom stereocenters. The minimum atomic E-state index is -0.0326. The maximum atomic E-state index is 12.4. The lowest BCUT2D eigenvalue weighted by Gasteiger charge is -2.27. The van der Waals surface area contributed by atoms with Crippen LogP contribution in [0.4, 0.5) is 5.69 Å². The maximum absolute atomic E-state index is 12.4. The summed E-state index contributed by atoms with van der Waals surface area (Å²) < 4.78 is 5.16. The molecule has 2 heterocycles. The van der Waals surface area contributed by atoms with E-state index in [1.807, 2.05) is 19.9 Å². The van der Waals surface area contributed by atoms with Crippen molar-refractivity contribution < 1.29 is 9.32 Å². The van der Waals surface area contributed by atoms with Gasteiger partial charge in [-0.1, -0.05) is 11.2 Å². The normalized spacial score (nSPS) is 14.0. The number of carbonyl (C=O) groups excluding carboxylic acids is 1. The fraction of sp³-hybridized carbons (Fsp3) is 0.400. The molecule has 1 aliphatic rings. The molecule has 1 aliphatic heterocycles. The summed E-state index contributed by atoms with van der Waals surface area (Å²) in [5.74, 6) is 0.731. The van der Waals surface area contributed by atoms with Crippen LogP contribution in [0.5, 0.6) is 0 Å². The number of benzene rings is 1.